The topological polar surface area (TPSA) is 62.3 Å². The molecule has 2 aromatic rings. The van der Waals surface area contributed by atoms with E-state index in [-0.39, 0.29) is 11.8 Å². The van der Waals surface area contributed by atoms with Crippen LogP contribution >= 0.6 is 23.4 Å². The van der Waals surface area contributed by atoms with Gasteiger partial charge in [0.15, 0.2) is 0 Å². The Kier molecular flexibility index (Phi) is 7.12. The van der Waals surface area contributed by atoms with Gasteiger partial charge in [-0.15, -0.1) is 0 Å². The molecule has 1 fully saturated rings. The lowest BCUT2D eigenvalue weighted by molar-refractivity contribution is -0.118. The second kappa shape index (κ2) is 9.76. The lowest BCUT2D eigenvalue weighted by atomic mass is 10.1. The van der Waals surface area contributed by atoms with Crippen molar-refractivity contribution in [3.8, 4) is 0 Å². The van der Waals surface area contributed by atoms with E-state index >= 15 is 0 Å². The van der Waals surface area contributed by atoms with E-state index in [0.29, 0.717) is 22.9 Å². The van der Waals surface area contributed by atoms with Gasteiger partial charge in [0.2, 0.25) is 5.91 Å². The highest BCUT2D eigenvalue weighted by atomic mass is 35.5. The van der Waals surface area contributed by atoms with Crippen molar-refractivity contribution in [3.05, 3.63) is 58.7 Å². The molecule has 1 aliphatic rings. The van der Waals surface area contributed by atoms with Gasteiger partial charge in [-0.05, 0) is 49.1 Å². The summed E-state index contributed by atoms with van der Waals surface area (Å²) in [4.78, 5) is 30.4. The molecule has 0 bridgehead atoms. The van der Waals surface area contributed by atoms with Crippen molar-refractivity contribution in [3.63, 3.8) is 0 Å². The van der Waals surface area contributed by atoms with Crippen molar-refractivity contribution >= 4 is 35.2 Å². The Hall–Kier alpha value is -2.05. The second-order valence-corrected chi connectivity index (χ2v) is 7.83. The highest BCUT2D eigenvalue weighted by molar-refractivity contribution is 7.99. The number of nitrogens with zero attached hydrogens (tertiary/aromatic N) is 2. The number of amides is 2. The molecule has 1 aromatic heterocycles. The van der Waals surface area contributed by atoms with Gasteiger partial charge in [-0.25, -0.2) is 4.98 Å². The predicted molar refractivity (Wildman–Crippen MR) is 108 cm³/mol. The highest BCUT2D eigenvalue weighted by Crippen LogP contribution is 2.17. The van der Waals surface area contributed by atoms with Crippen LogP contribution in [0.2, 0.25) is 5.02 Å². The van der Waals surface area contributed by atoms with Crippen molar-refractivity contribution in [2.45, 2.75) is 24.3 Å². The summed E-state index contributed by atoms with van der Waals surface area (Å²) in [6.45, 7) is 2.23. The maximum Gasteiger partial charge on any atom is 0.255 e. The molecular weight excluding hydrogens is 382 g/mol. The summed E-state index contributed by atoms with van der Waals surface area (Å²) >= 11 is 7.22. The molecule has 142 valence electrons. The third-order valence-corrected chi connectivity index (χ3v) is 5.57. The first kappa shape index (κ1) is 19.7. The van der Waals surface area contributed by atoms with Crippen molar-refractivity contribution in [2.24, 2.45) is 0 Å². The molecular formula is C20H22ClN3O2S. The number of nitrogens with one attached hydrogen (secondary N) is 1. The molecule has 5 nitrogen and oxygen atoms in total. The van der Waals surface area contributed by atoms with Gasteiger partial charge in [0.25, 0.3) is 5.91 Å². The largest absolute Gasteiger partial charge is 0.355 e. The van der Waals surface area contributed by atoms with E-state index in [9.17, 15) is 9.59 Å². The van der Waals surface area contributed by atoms with Crippen LogP contribution in [0.5, 0.6) is 0 Å². The fourth-order valence-corrected chi connectivity index (χ4v) is 3.68. The number of halogens is 1. The van der Waals surface area contributed by atoms with Crippen LogP contribution in [-0.2, 0) is 11.2 Å². The molecule has 0 aliphatic carbocycles. The third-order valence-electron chi connectivity index (χ3n) is 4.38. The van der Waals surface area contributed by atoms with Gasteiger partial charge in [-0.2, -0.15) is 0 Å². The minimum atomic E-state index is -0.0343. The summed E-state index contributed by atoms with van der Waals surface area (Å²) in [6.07, 6.45) is 4.50. The zero-order valence-electron chi connectivity index (χ0n) is 15.0. The lowest BCUT2D eigenvalue weighted by Gasteiger charge is -2.14. The molecule has 1 N–H and O–H groups in total. The van der Waals surface area contributed by atoms with Crippen molar-refractivity contribution in [1.29, 1.82) is 0 Å². The van der Waals surface area contributed by atoms with Gasteiger partial charge >= 0.3 is 0 Å². The van der Waals surface area contributed by atoms with E-state index in [1.807, 2.05) is 29.2 Å². The number of aromatic nitrogens is 1. The normalized spacial score (nSPS) is 13.6. The molecule has 7 heteroatoms. The van der Waals surface area contributed by atoms with E-state index in [4.69, 9.17) is 11.6 Å². The number of carbonyl (C=O) groups excluding carboxylic acids is 2. The summed E-state index contributed by atoms with van der Waals surface area (Å²) in [5.74, 6) is 0.303. The molecule has 3 rings (SSSR count). The summed E-state index contributed by atoms with van der Waals surface area (Å²) in [5.41, 5.74) is 1.74. The SMILES string of the molecule is O=C(CSc1ccc(C(=O)N2CCCC2)cn1)NCCc1ccc(Cl)cc1. The molecule has 0 unspecified atom stereocenters. The number of benzene rings is 1. The van der Waals surface area contributed by atoms with Gasteiger partial charge in [-0.3, -0.25) is 9.59 Å². The van der Waals surface area contributed by atoms with Gasteiger partial charge in [-0.1, -0.05) is 35.5 Å². The zero-order chi connectivity index (χ0) is 19.1. The van der Waals surface area contributed by atoms with Crippen LogP contribution in [0, 0.1) is 0 Å². The van der Waals surface area contributed by atoms with E-state index in [2.05, 4.69) is 10.3 Å². The van der Waals surface area contributed by atoms with Crippen LogP contribution in [0.4, 0.5) is 0 Å². The van der Waals surface area contributed by atoms with Crippen LogP contribution in [0.25, 0.3) is 0 Å². The third kappa shape index (κ3) is 5.97. The Bertz CT molecular complexity index is 775. The molecule has 1 aromatic carbocycles. The number of likely N-dealkylation sites (tertiary alicyclic amines) is 1. The maximum atomic E-state index is 12.3. The molecule has 2 heterocycles. The molecule has 0 saturated carbocycles. The molecule has 0 atom stereocenters. The summed E-state index contributed by atoms with van der Waals surface area (Å²) in [5, 5.41) is 4.35. The summed E-state index contributed by atoms with van der Waals surface area (Å²) in [7, 11) is 0. The number of hydrogen-bond acceptors (Lipinski definition) is 4. The number of rotatable bonds is 7. The minimum absolute atomic E-state index is 0.0343. The Morgan fingerprint density at radius 2 is 1.85 bits per heavy atom. The number of pyridine rings is 1. The van der Waals surface area contributed by atoms with Gasteiger partial charge in [0.05, 0.1) is 16.3 Å². The summed E-state index contributed by atoms with van der Waals surface area (Å²) in [6, 6.07) is 11.2. The average Bonchev–Trinajstić information content (AvgIpc) is 3.22. The van der Waals surface area contributed by atoms with Crippen LogP contribution in [-0.4, -0.2) is 47.1 Å². The standard InChI is InChI=1S/C20H22ClN3O2S/c21-17-6-3-15(4-7-17)9-10-22-18(25)14-27-19-8-5-16(13-23-19)20(26)24-11-1-2-12-24/h3-8,13H,1-2,9-12,14H2,(H,22,25). The molecule has 0 radical (unpaired) electrons. The lowest BCUT2D eigenvalue weighted by Crippen LogP contribution is -2.27. The van der Waals surface area contributed by atoms with Crippen LogP contribution in [0.15, 0.2) is 47.6 Å². The Morgan fingerprint density at radius 3 is 2.52 bits per heavy atom. The van der Waals surface area contributed by atoms with Crippen LogP contribution < -0.4 is 5.32 Å². The molecule has 1 saturated heterocycles. The number of carbonyl (C=O) groups is 2. The second-order valence-electron chi connectivity index (χ2n) is 6.40. The highest BCUT2D eigenvalue weighted by Gasteiger charge is 2.19. The predicted octanol–water partition coefficient (Wildman–Crippen LogP) is 3.42. The van der Waals surface area contributed by atoms with Crippen molar-refractivity contribution < 1.29 is 9.59 Å². The quantitative estimate of drug-likeness (QED) is 0.719. The summed E-state index contributed by atoms with van der Waals surface area (Å²) < 4.78 is 0. The van der Waals surface area contributed by atoms with Gasteiger partial charge < -0.3 is 10.2 Å². The fourth-order valence-electron chi connectivity index (χ4n) is 2.88. The zero-order valence-corrected chi connectivity index (χ0v) is 16.6. The monoisotopic (exact) mass is 403 g/mol. The first-order chi connectivity index (χ1) is 13.1. The van der Waals surface area contributed by atoms with Crippen molar-refractivity contribution in [1.82, 2.24) is 15.2 Å². The van der Waals surface area contributed by atoms with E-state index in [1.54, 1.807) is 18.3 Å². The Labute approximate surface area is 168 Å². The fraction of sp³-hybridized carbons (Fsp3) is 0.350. The first-order valence-corrected chi connectivity index (χ1v) is 10.4. The smallest absolute Gasteiger partial charge is 0.255 e. The molecule has 27 heavy (non-hydrogen) atoms. The molecule has 0 spiro atoms. The van der Waals surface area contributed by atoms with Crippen LogP contribution in [0.3, 0.4) is 0 Å². The average molecular weight is 404 g/mol. The Morgan fingerprint density at radius 1 is 1.11 bits per heavy atom. The van der Waals surface area contributed by atoms with Gasteiger partial charge in [0, 0.05) is 30.9 Å². The van der Waals surface area contributed by atoms with E-state index in [1.165, 1.54) is 11.8 Å². The molecule has 2 amide bonds. The van der Waals surface area contributed by atoms with Crippen molar-refractivity contribution in [2.75, 3.05) is 25.4 Å². The van der Waals surface area contributed by atoms with E-state index < -0.39 is 0 Å². The number of hydrogen-bond donors (Lipinski definition) is 1. The van der Waals surface area contributed by atoms with Crippen LogP contribution in [0.1, 0.15) is 28.8 Å². The first-order valence-electron chi connectivity index (χ1n) is 9.01. The minimum Gasteiger partial charge on any atom is -0.355 e. The Balaban J connectivity index is 1.39. The van der Waals surface area contributed by atoms with Gasteiger partial charge in [0.1, 0.15) is 0 Å². The number of thioether (sulfide) groups is 1. The van der Waals surface area contributed by atoms with E-state index in [0.717, 1.165) is 42.9 Å². The molecule has 1 aliphatic heterocycles. The maximum absolute atomic E-state index is 12.3.